The summed E-state index contributed by atoms with van der Waals surface area (Å²) < 4.78 is 7.15. The Balaban J connectivity index is 2.00. The minimum atomic E-state index is -0.401. The molecule has 0 unspecified atom stereocenters. The van der Waals surface area contributed by atoms with Crippen molar-refractivity contribution in [2.45, 2.75) is 26.8 Å². The molecule has 0 bridgehead atoms. The maximum Gasteiger partial charge on any atom is 0.269 e. The summed E-state index contributed by atoms with van der Waals surface area (Å²) in [5, 5.41) is 23.2. The van der Waals surface area contributed by atoms with Gasteiger partial charge < -0.3 is 4.74 Å². The molecule has 0 saturated carbocycles. The SMILES string of the molecule is Cc1cc([N+](=O)[O-])ccc1-n1nnnc1[C@H](C(C)C)N1CCOCC1. The molecule has 1 fully saturated rings. The van der Waals surface area contributed by atoms with Gasteiger partial charge in [-0.25, -0.2) is 0 Å². The van der Waals surface area contributed by atoms with E-state index in [4.69, 9.17) is 4.74 Å². The molecule has 0 spiro atoms. The zero-order chi connectivity index (χ0) is 18.0. The lowest BCUT2D eigenvalue weighted by molar-refractivity contribution is -0.384. The molecule has 134 valence electrons. The largest absolute Gasteiger partial charge is 0.379 e. The maximum absolute atomic E-state index is 11.0. The molecule has 0 aliphatic carbocycles. The fraction of sp³-hybridized carbons (Fsp3) is 0.562. The molecule has 2 heterocycles. The zero-order valence-corrected chi connectivity index (χ0v) is 14.6. The van der Waals surface area contributed by atoms with Crippen LogP contribution in [0.3, 0.4) is 0 Å². The fourth-order valence-electron chi connectivity index (χ4n) is 3.28. The lowest BCUT2D eigenvalue weighted by Gasteiger charge is -2.35. The average molecular weight is 346 g/mol. The summed E-state index contributed by atoms with van der Waals surface area (Å²) in [6.07, 6.45) is 0. The molecule has 1 atom stereocenters. The van der Waals surface area contributed by atoms with Crippen LogP contribution in [0.2, 0.25) is 0 Å². The van der Waals surface area contributed by atoms with Crippen molar-refractivity contribution < 1.29 is 9.66 Å². The molecule has 1 aromatic heterocycles. The smallest absolute Gasteiger partial charge is 0.269 e. The number of aryl methyl sites for hydroxylation is 1. The maximum atomic E-state index is 11.0. The number of nitrogens with zero attached hydrogens (tertiary/aromatic N) is 6. The lowest BCUT2D eigenvalue weighted by Crippen LogP contribution is -2.42. The number of benzene rings is 1. The summed E-state index contributed by atoms with van der Waals surface area (Å²) in [6, 6.07) is 4.77. The molecule has 1 saturated heterocycles. The van der Waals surface area contributed by atoms with Gasteiger partial charge in [-0.05, 0) is 34.9 Å². The van der Waals surface area contributed by atoms with Crippen molar-refractivity contribution >= 4 is 5.69 Å². The fourth-order valence-corrected chi connectivity index (χ4v) is 3.28. The summed E-state index contributed by atoms with van der Waals surface area (Å²) in [7, 11) is 0. The van der Waals surface area contributed by atoms with E-state index in [2.05, 4.69) is 34.3 Å². The number of morpholine rings is 1. The second-order valence-corrected chi connectivity index (χ2v) is 6.51. The summed E-state index contributed by atoms with van der Waals surface area (Å²) in [6.45, 7) is 9.16. The van der Waals surface area contributed by atoms with E-state index in [0.717, 1.165) is 30.2 Å². The lowest BCUT2D eigenvalue weighted by atomic mass is 10.0. The molecule has 0 radical (unpaired) electrons. The van der Waals surface area contributed by atoms with E-state index in [1.54, 1.807) is 16.8 Å². The van der Waals surface area contributed by atoms with Gasteiger partial charge in [0.1, 0.15) is 0 Å². The van der Waals surface area contributed by atoms with Crippen molar-refractivity contribution in [3.05, 3.63) is 39.7 Å². The van der Waals surface area contributed by atoms with Crippen LogP contribution < -0.4 is 0 Å². The van der Waals surface area contributed by atoms with Crippen molar-refractivity contribution in [3.63, 3.8) is 0 Å². The molecule has 2 aromatic rings. The highest BCUT2D eigenvalue weighted by Gasteiger charge is 2.31. The van der Waals surface area contributed by atoms with Crippen LogP contribution in [0.15, 0.2) is 18.2 Å². The van der Waals surface area contributed by atoms with E-state index < -0.39 is 4.92 Å². The molecule has 9 nitrogen and oxygen atoms in total. The molecule has 1 aromatic carbocycles. The second kappa shape index (κ2) is 7.24. The predicted molar refractivity (Wildman–Crippen MR) is 90.5 cm³/mol. The highest BCUT2D eigenvalue weighted by atomic mass is 16.6. The minimum absolute atomic E-state index is 0.0495. The van der Waals surface area contributed by atoms with Crippen molar-refractivity contribution in [1.29, 1.82) is 0 Å². The number of aromatic nitrogens is 4. The molecule has 25 heavy (non-hydrogen) atoms. The third-order valence-electron chi connectivity index (χ3n) is 4.45. The van der Waals surface area contributed by atoms with E-state index in [0.29, 0.717) is 19.1 Å². The van der Waals surface area contributed by atoms with Crippen molar-refractivity contribution in [1.82, 2.24) is 25.1 Å². The summed E-state index contributed by atoms with van der Waals surface area (Å²) >= 11 is 0. The topological polar surface area (TPSA) is 99.2 Å². The quantitative estimate of drug-likeness (QED) is 0.602. The number of ether oxygens (including phenoxy) is 1. The van der Waals surface area contributed by atoms with Gasteiger partial charge in [0.25, 0.3) is 5.69 Å². The zero-order valence-electron chi connectivity index (χ0n) is 14.6. The van der Waals surface area contributed by atoms with E-state index in [1.807, 2.05) is 6.92 Å². The molecule has 0 amide bonds. The molecule has 3 rings (SSSR count). The highest BCUT2D eigenvalue weighted by Crippen LogP contribution is 2.30. The summed E-state index contributed by atoms with van der Waals surface area (Å²) in [5.74, 6) is 1.05. The van der Waals surface area contributed by atoms with Gasteiger partial charge in [-0.2, -0.15) is 4.68 Å². The van der Waals surface area contributed by atoms with Crippen molar-refractivity contribution in [2.24, 2.45) is 5.92 Å². The molecule has 1 aliphatic rings. The second-order valence-electron chi connectivity index (χ2n) is 6.51. The van der Waals surface area contributed by atoms with Gasteiger partial charge in [-0.15, -0.1) is 5.10 Å². The number of rotatable bonds is 5. The number of hydrogen-bond acceptors (Lipinski definition) is 7. The number of nitro benzene ring substituents is 1. The molecular weight excluding hydrogens is 324 g/mol. The van der Waals surface area contributed by atoms with Crippen LogP contribution in [0.4, 0.5) is 5.69 Å². The number of non-ortho nitro benzene ring substituents is 1. The molecule has 9 heteroatoms. The van der Waals surface area contributed by atoms with E-state index in [1.165, 1.54) is 6.07 Å². The van der Waals surface area contributed by atoms with Gasteiger partial charge in [-0.3, -0.25) is 15.0 Å². The predicted octanol–water partition coefficient (Wildman–Crippen LogP) is 1.91. The van der Waals surface area contributed by atoms with Gasteiger partial charge in [-0.1, -0.05) is 13.8 Å². The average Bonchev–Trinajstić information content (AvgIpc) is 3.04. The van der Waals surface area contributed by atoms with E-state index in [9.17, 15) is 10.1 Å². The first-order valence-electron chi connectivity index (χ1n) is 8.34. The van der Waals surface area contributed by atoms with Crippen LogP contribution in [0.5, 0.6) is 0 Å². The Bertz CT molecular complexity index is 754. The van der Waals surface area contributed by atoms with Crippen LogP contribution in [0.1, 0.15) is 31.3 Å². The standard InChI is InChI=1S/C16H22N6O3/c1-11(2)15(20-6-8-25-9-7-20)16-17-18-19-21(16)14-5-4-13(22(23)24)10-12(14)3/h4-5,10-11,15H,6-9H2,1-3H3/t15-/m0/s1. The normalized spacial score (nSPS) is 17.0. The highest BCUT2D eigenvalue weighted by molar-refractivity contribution is 5.47. The van der Waals surface area contributed by atoms with Crippen LogP contribution in [0.25, 0.3) is 5.69 Å². The Morgan fingerprint density at radius 1 is 1.28 bits per heavy atom. The van der Waals surface area contributed by atoms with Crippen molar-refractivity contribution in [2.75, 3.05) is 26.3 Å². The van der Waals surface area contributed by atoms with E-state index >= 15 is 0 Å². The third kappa shape index (κ3) is 3.52. The molecule has 0 N–H and O–H groups in total. The van der Waals surface area contributed by atoms with Crippen molar-refractivity contribution in [3.8, 4) is 5.69 Å². The van der Waals surface area contributed by atoms with Crippen LogP contribution in [-0.4, -0.2) is 56.3 Å². The molecular formula is C16H22N6O3. The summed E-state index contributed by atoms with van der Waals surface area (Å²) in [4.78, 5) is 12.9. The van der Waals surface area contributed by atoms with Gasteiger partial charge in [0.05, 0.1) is 29.9 Å². The number of hydrogen-bond donors (Lipinski definition) is 0. The Morgan fingerprint density at radius 3 is 2.60 bits per heavy atom. The number of nitro groups is 1. The summed E-state index contributed by atoms with van der Waals surface area (Å²) in [5.41, 5.74) is 1.57. The Morgan fingerprint density at radius 2 is 2.00 bits per heavy atom. The first kappa shape index (κ1) is 17.4. The Labute approximate surface area is 145 Å². The monoisotopic (exact) mass is 346 g/mol. The van der Waals surface area contributed by atoms with Crippen LogP contribution >= 0.6 is 0 Å². The van der Waals surface area contributed by atoms with E-state index in [-0.39, 0.29) is 11.7 Å². The number of tetrazole rings is 1. The Hall–Kier alpha value is -2.39. The van der Waals surface area contributed by atoms with Gasteiger partial charge in [0.15, 0.2) is 5.82 Å². The van der Waals surface area contributed by atoms with Crippen LogP contribution in [-0.2, 0) is 4.74 Å². The van der Waals surface area contributed by atoms with Gasteiger partial charge in [0, 0.05) is 25.2 Å². The minimum Gasteiger partial charge on any atom is -0.379 e. The Kier molecular flexibility index (Phi) is 5.05. The molecule has 1 aliphatic heterocycles. The van der Waals surface area contributed by atoms with Gasteiger partial charge in [0.2, 0.25) is 0 Å². The first-order valence-corrected chi connectivity index (χ1v) is 8.34. The van der Waals surface area contributed by atoms with Crippen LogP contribution in [0, 0.1) is 23.0 Å². The van der Waals surface area contributed by atoms with Gasteiger partial charge >= 0.3 is 0 Å². The first-order chi connectivity index (χ1) is 12.0. The third-order valence-corrected chi connectivity index (χ3v) is 4.45.